The molecule has 3 aromatic rings. The molecule has 1 aromatic heterocycles. The first kappa shape index (κ1) is 40.6. The Bertz CT molecular complexity index is 2310. The summed E-state index contributed by atoms with van der Waals surface area (Å²) in [6.07, 6.45) is 10.1. The molecule has 13 nitrogen and oxygen atoms in total. The molecule has 8 rings (SSSR count). The molecule has 0 spiro atoms. The van der Waals surface area contributed by atoms with E-state index >= 15 is 0 Å². The van der Waals surface area contributed by atoms with Gasteiger partial charge in [-0.3, -0.25) is 14.6 Å². The van der Waals surface area contributed by atoms with E-state index in [2.05, 4.69) is 67.9 Å². The van der Waals surface area contributed by atoms with Gasteiger partial charge in [0.1, 0.15) is 17.9 Å². The van der Waals surface area contributed by atoms with Crippen molar-refractivity contribution in [1.82, 2.24) is 29.2 Å². The van der Waals surface area contributed by atoms with E-state index in [9.17, 15) is 26.4 Å². The number of imidazole rings is 1. The summed E-state index contributed by atoms with van der Waals surface area (Å²) in [6.45, 7) is 8.66. The molecule has 2 saturated heterocycles. The zero-order chi connectivity index (χ0) is 40.9. The first-order chi connectivity index (χ1) is 27.7. The Labute approximate surface area is 342 Å². The van der Waals surface area contributed by atoms with Crippen molar-refractivity contribution in [2.24, 2.45) is 16.8 Å². The number of amides is 2. The quantitative estimate of drug-likeness (QED) is 0.174. The van der Waals surface area contributed by atoms with E-state index in [-0.39, 0.29) is 41.0 Å². The largest absolute Gasteiger partial charge is 0.340 e. The average molecular weight is 830 g/mol. The Kier molecular flexibility index (Phi) is 11.3. The fraction of sp³-hybridized carbons (Fsp3) is 0.535. The predicted molar refractivity (Wildman–Crippen MR) is 225 cm³/mol. The van der Waals surface area contributed by atoms with Gasteiger partial charge < -0.3 is 14.8 Å². The number of nitrogens with one attached hydrogen (secondary N) is 3. The van der Waals surface area contributed by atoms with Crippen LogP contribution < -0.4 is 9.44 Å². The van der Waals surface area contributed by atoms with Crippen LogP contribution in [0.15, 0.2) is 65.9 Å². The van der Waals surface area contributed by atoms with Crippen LogP contribution >= 0.6 is 0 Å². The third-order valence-corrected chi connectivity index (χ3v) is 16.1. The summed E-state index contributed by atoms with van der Waals surface area (Å²) >= 11 is 0. The monoisotopic (exact) mass is 829 g/mol. The van der Waals surface area contributed by atoms with Crippen molar-refractivity contribution in [3.8, 4) is 22.4 Å². The third kappa shape index (κ3) is 8.45. The van der Waals surface area contributed by atoms with Crippen LogP contribution in [0.1, 0.15) is 103 Å². The highest BCUT2D eigenvalue weighted by Crippen LogP contribution is 2.36. The number of rotatable bonds is 15. The Hall–Kier alpha value is -4.18. The van der Waals surface area contributed by atoms with Crippen molar-refractivity contribution >= 4 is 43.1 Å². The molecule has 2 amide bonds. The van der Waals surface area contributed by atoms with Gasteiger partial charge in [0.25, 0.3) is 0 Å². The van der Waals surface area contributed by atoms with Gasteiger partial charge in [0, 0.05) is 31.4 Å². The van der Waals surface area contributed by atoms with E-state index in [1.54, 1.807) is 11.1 Å². The van der Waals surface area contributed by atoms with Crippen LogP contribution in [-0.4, -0.2) is 95.8 Å². The lowest BCUT2D eigenvalue weighted by Gasteiger charge is -2.31. The second-order valence-corrected chi connectivity index (χ2v) is 21.3. The number of hydrogen-bond donors (Lipinski definition) is 3. The van der Waals surface area contributed by atoms with Gasteiger partial charge >= 0.3 is 0 Å². The molecule has 3 N–H and O–H groups in total. The van der Waals surface area contributed by atoms with Crippen LogP contribution in [0.5, 0.6) is 0 Å². The summed E-state index contributed by atoms with van der Waals surface area (Å²) < 4.78 is 56.4. The summed E-state index contributed by atoms with van der Waals surface area (Å²) in [5, 5.41) is -0.772. The lowest BCUT2D eigenvalue weighted by atomic mass is 9.96. The van der Waals surface area contributed by atoms with Gasteiger partial charge in [-0.25, -0.2) is 31.3 Å². The minimum atomic E-state index is -3.52. The maximum absolute atomic E-state index is 13.8. The fourth-order valence-electron chi connectivity index (χ4n) is 8.49. The molecule has 3 aliphatic heterocycles. The highest BCUT2D eigenvalue weighted by atomic mass is 32.2. The van der Waals surface area contributed by atoms with Gasteiger partial charge in [-0.1, -0.05) is 76.2 Å². The molecule has 4 fully saturated rings. The number of nitrogens with zero attached hydrogens (tertiary/aromatic N) is 4. The van der Waals surface area contributed by atoms with Gasteiger partial charge in [-0.05, 0) is 91.0 Å². The van der Waals surface area contributed by atoms with Crippen LogP contribution in [0.4, 0.5) is 0 Å². The highest BCUT2D eigenvalue weighted by molar-refractivity contribution is 7.90. The van der Waals surface area contributed by atoms with Crippen molar-refractivity contribution in [1.29, 1.82) is 0 Å². The minimum Gasteiger partial charge on any atom is -0.340 e. The molecule has 2 aromatic carbocycles. The molecule has 4 atom stereocenters. The SMILES string of the molecule is CC(C)[C@@H](NS(=O)(=O)C1CC1)C(=O)N1CCC[C@H]1C1=NC=C(c2ccc(-c3ccc(-c4cnc([C@@H]5CCCN5C(=O)[C@H](NS(=O)(=O)C5CC5)C(C)C)[nH]4)cc3)cc2)C1. The zero-order valence-corrected chi connectivity index (χ0v) is 35.4. The topological polar surface area (TPSA) is 174 Å². The number of aliphatic imine (C=N–C) groups is 1. The second-order valence-electron chi connectivity index (χ2n) is 17.3. The fourth-order valence-corrected chi connectivity index (χ4v) is 11.8. The molecule has 0 bridgehead atoms. The van der Waals surface area contributed by atoms with E-state index in [1.807, 2.05) is 38.8 Å². The molecule has 15 heteroatoms. The molecular formula is C43H55N7O6S2. The molecule has 0 radical (unpaired) electrons. The highest BCUT2D eigenvalue weighted by Gasteiger charge is 2.44. The van der Waals surface area contributed by atoms with Crippen molar-refractivity contribution < 1.29 is 26.4 Å². The van der Waals surface area contributed by atoms with Crippen molar-refractivity contribution in [3.63, 3.8) is 0 Å². The summed E-state index contributed by atoms with van der Waals surface area (Å²) in [4.78, 5) is 44.1. The first-order valence-corrected chi connectivity index (χ1v) is 23.9. The Balaban J connectivity index is 0.883. The lowest BCUT2D eigenvalue weighted by molar-refractivity contribution is -0.135. The van der Waals surface area contributed by atoms with Gasteiger partial charge in [-0.2, -0.15) is 0 Å². The number of sulfonamides is 2. The standard InChI is InChI=1S/C43H55N7O6S2/c1-26(2)39(47-57(53,54)33-17-18-33)42(51)49-21-5-7-37(49)35-23-32(24-44-35)30-11-9-28(10-12-30)29-13-15-31(16-14-29)36-25-45-41(46-36)38-8-6-22-50(38)43(52)40(27(3)4)48-58(55,56)34-19-20-34/h9-16,24-27,33-34,37-40,47-48H,5-8,17-23H2,1-4H3,(H,45,46)/t37-,38-,39+,40+/m0/s1. The van der Waals surface area contributed by atoms with Crippen LogP contribution in [0.2, 0.25) is 0 Å². The number of carbonyl (C=O) groups excluding carboxylic acids is 2. The van der Waals surface area contributed by atoms with Crippen LogP contribution in [0.3, 0.4) is 0 Å². The van der Waals surface area contributed by atoms with E-state index in [1.165, 1.54) is 0 Å². The number of likely N-dealkylation sites (tertiary alicyclic amines) is 2. The molecule has 310 valence electrons. The summed E-state index contributed by atoms with van der Waals surface area (Å²) in [6, 6.07) is 14.7. The van der Waals surface area contributed by atoms with Gasteiger partial charge in [-0.15, -0.1) is 0 Å². The van der Waals surface area contributed by atoms with E-state index < -0.39 is 37.4 Å². The molecule has 4 heterocycles. The number of H-pyrrole nitrogens is 1. The Morgan fingerprint density at radius 1 is 0.672 bits per heavy atom. The first-order valence-electron chi connectivity index (χ1n) is 20.8. The molecular weight excluding hydrogens is 775 g/mol. The number of carbonyl (C=O) groups is 2. The number of aromatic amines is 1. The van der Waals surface area contributed by atoms with Crippen LogP contribution in [-0.2, 0) is 29.6 Å². The van der Waals surface area contributed by atoms with Crippen LogP contribution in [0, 0.1) is 11.8 Å². The molecule has 2 aliphatic carbocycles. The third-order valence-electron chi connectivity index (χ3n) is 12.3. The second kappa shape index (κ2) is 16.1. The van der Waals surface area contributed by atoms with Gasteiger partial charge in [0.15, 0.2) is 0 Å². The van der Waals surface area contributed by atoms with Gasteiger partial charge in [0.2, 0.25) is 31.9 Å². The molecule has 58 heavy (non-hydrogen) atoms. The predicted octanol–water partition coefficient (Wildman–Crippen LogP) is 5.80. The summed E-state index contributed by atoms with van der Waals surface area (Å²) in [7, 11) is -7.03. The summed E-state index contributed by atoms with van der Waals surface area (Å²) in [5.41, 5.74) is 7.03. The Morgan fingerprint density at radius 2 is 1.14 bits per heavy atom. The molecule has 2 saturated carbocycles. The minimum absolute atomic E-state index is 0.145. The van der Waals surface area contributed by atoms with Crippen molar-refractivity contribution in [2.45, 2.75) is 120 Å². The van der Waals surface area contributed by atoms with Gasteiger partial charge in [0.05, 0.1) is 34.5 Å². The molecule has 0 unspecified atom stereocenters. The number of aromatic nitrogens is 2. The van der Waals surface area contributed by atoms with E-state index in [0.29, 0.717) is 51.0 Å². The van der Waals surface area contributed by atoms with E-state index in [0.717, 1.165) is 64.9 Å². The number of allylic oxidation sites excluding steroid dienone is 1. The normalized spacial score (nSPS) is 22.4. The summed E-state index contributed by atoms with van der Waals surface area (Å²) in [5.74, 6) is -0.0273. The lowest BCUT2D eigenvalue weighted by Crippen LogP contribution is -2.54. The van der Waals surface area contributed by atoms with E-state index in [4.69, 9.17) is 4.99 Å². The smallest absolute Gasteiger partial charge is 0.241 e. The maximum Gasteiger partial charge on any atom is 0.241 e. The Morgan fingerprint density at radius 3 is 1.64 bits per heavy atom. The number of benzene rings is 2. The van der Waals surface area contributed by atoms with Crippen LogP contribution in [0.25, 0.3) is 28.0 Å². The molecule has 5 aliphatic rings. The van der Waals surface area contributed by atoms with Crippen molar-refractivity contribution in [2.75, 3.05) is 13.1 Å². The average Bonchev–Trinajstić information content (AvgIpc) is 3.99. The maximum atomic E-state index is 13.8. The van der Waals surface area contributed by atoms with Crippen molar-refractivity contribution in [3.05, 3.63) is 72.3 Å². The zero-order valence-electron chi connectivity index (χ0n) is 33.7. The number of hydrogen-bond acceptors (Lipinski definition) is 8.